The van der Waals surface area contributed by atoms with Crippen LogP contribution in [0.3, 0.4) is 0 Å². The van der Waals surface area contributed by atoms with Gasteiger partial charge >= 0.3 is 0 Å². The molecule has 3 heteroatoms. The lowest BCUT2D eigenvalue weighted by molar-refractivity contribution is 0.304. The first-order valence-electron chi connectivity index (χ1n) is 14.6. The van der Waals surface area contributed by atoms with E-state index in [0.29, 0.717) is 5.92 Å². The van der Waals surface area contributed by atoms with E-state index in [1.165, 1.54) is 65.5 Å². The highest BCUT2D eigenvalue weighted by Crippen LogP contribution is 2.34. The summed E-state index contributed by atoms with van der Waals surface area (Å²) in [5, 5.41) is 1.24. The number of fused-ring (bicyclic) bond motifs is 1. The van der Waals surface area contributed by atoms with Gasteiger partial charge in [-0.05, 0) is 97.8 Å². The van der Waals surface area contributed by atoms with Gasteiger partial charge in [-0.3, -0.25) is 0 Å². The highest BCUT2D eigenvalue weighted by Gasteiger charge is 2.15. The van der Waals surface area contributed by atoms with E-state index in [9.17, 15) is 0 Å². The van der Waals surface area contributed by atoms with Crippen molar-refractivity contribution in [3.63, 3.8) is 0 Å². The van der Waals surface area contributed by atoms with Gasteiger partial charge in [0.05, 0.1) is 12.1 Å². The first-order chi connectivity index (χ1) is 18.5. The summed E-state index contributed by atoms with van der Waals surface area (Å²) < 4.78 is 14.7. The van der Waals surface area contributed by atoms with E-state index < -0.39 is 0 Å². The zero-order valence-corrected chi connectivity index (χ0v) is 24.1. The summed E-state index contributed by atoms with van der Waals surface area (Å²) in [6.45, 7) is 12.0. The molecule has 0 unspecified atom stereocenters. The number of hydrogen-bond acceptors (Lipinski definition) is 2. The molecular weight excluding hydrogens is 466 g/mol. The van der Waals surface area contributed by atoms with Gasteiger partial charge in [-0.2, -0.15) is 0 Å². The minimum atomic E-state index is 0.651. The highest BCUT2D eigenvalue weighted by molar-refractivity contribution is 5.88. The number of benzene rings is 3. The smallest absolute Gasteiger partial charge is 0.128 e. The van der Waals surface area contributed by atoms with Crippen molar-refractivity contribution in [2.45, 2.75) is 86.0 Å². The lowest BCUT2D eigenvalue weighted by Crippen LogP contribution is -2.01. The molecule has 0 saturated heterocycles. The van der Waals surface area contributed by atoms with Crippen LogP contribution in [0.1, 0.15) is 83.0 Å². The molecule has 0 fully saturated rings. The van der Waals surface area contributed by atoms with Crippen molar-refractivity contribution in [2.75, 3.05) is 6.61 Å². The molecule has 0 aliphatic heterocycles. The number of aromatic nitrogens is 1. The van der Waals surface area contributed by atoms with Crippen LogP contribution in [-0.2, 0) is 12.8 Å². The van der Waals surface area contributed by atoms with Crippen LogP contribution in [0.2, 0.25) is 0 Å². The zero-order valence-electron chi connectivity index (χ0n) is 24.1. The van der Waals surface area contributed by atoms with Crippen LogP contribution in [0.5, 0.6) is 17.2 Å². The molecule has 0 aliphatic rings. The third kappa shape index (κ3) is 7.01. The van der Waals surface area contributed by atoms with E-state index in [0.717, 1.165) is 43.1 Å². The van der Waals surface area contributed by atoms with Gasteiger partial charge in [0, 0.05) is 16.8 Å². The van der Waals surface area contributed by atoms with Crippen molar-refractivity contribution < 1.29 is 9.47 Å². The second-order valence-corrected chi connectivity index (χ2v) is 10.9. The number of ether oxygens (including phenoxy) is 2. The Balaban J connectivity index is 1.47. The van der Waals surface area contributed by atoms with Crippen molar-refractivity contribution in [1.29, 1.82) is 0 Å². The quantitative estimate of drug-likeness (QED) is 0.157. The molecule has 0 radical (unpaired) electrons. The Labute approximate surface area is 229 Å². The second kappa shape index (κ2) is 13.6. The summed E-state index contributed by atoms with van der Waals surface area (Å²) in [5.41, 5.74) is 6.36. The Kier molecular flexibility index (Phi) is 9.92. The molecule has 0 bridgehead atoms. The average Bonchev–Trinajstić information content (AvgIpc) is 3.20. The van der Waals surface area contributed by atoms with E-state index in [4.69, 9.17) is 9.47 Å². The lowest BCUT2D eigenvalue weighted by Gasteiger charge is -2.12. The molecule has 1 heterocycles. The predicted molar refractivity (Wildman–Crippen MR) is 161 cm³/mol. The SMILES string of the molecule is CCCCCCCCOc1ccc(-n2c(CC)c(C)c3cc(Oc4ccc(CC(C)C)cc4)ccc32)cc1. The van der Waals surface area contributed by atoms with E-state index in [1.54, 1.807) is 0 Å². The van der Waals surface area contributed by atoms with Crippen LogP contribution < -0.4 is 9.47 Å². The molecule has 0 saturated carbocycles. The molecule has 0 spiro atoms. The molecule has 0 amide bonds. The molecule has 3 nitrogen and oxygen atoms in total. The van der Waals surface area contributed by atoms with E-state index >= 15 is 0 Å². The van der Waals surface area contributed by atoms with Crippen molar-refractivity contribution in [2.24, 2.45) is 5.92 Å². The van der Waals surface area contributed by atoms with Gasteiger partial charge in [-0.15, -0.1) is 0 Å². The van der Waals surface area contributed by atoms with Crippen molar-refractivity contribution in [3.05, 3.63) is 83.6 Å². The summed E-state index contributed by atoms with van der Waals surface area (Å²) in [6, 6.07) is 23.5. The monoisotopic (exact) mass is 511 g/mol. The summed E-state index contributed by atoms with van der Waals surface area (Å²) in [4.78, 5) is 0. The van der Waals surface area contributed by atoms with Gasteiger partial charge in [0.1, 0.15) is 17.2 Å². The fraction of sp³-hybridized carbons (Fsp3) is 0.429. The molecule has 0 aliphatic carbocycles. The largest absolute Gasteiger partial charge is 0.494 e. The molecule has 38 heavy (non-hydrogen) atoms. The Morgan fingerprint density at radius 3 is 2.08 bits per heavy atom. The molecule has 1 aromatic heterocycles. The van der Waals surface area contributed by atoms with Crippen molar-refractivity contribution >= 4 is 10.9 Å². The minimum Gasteiger partial charge on any atom is -0.494 e. The van der Waals surface area contributed by atoms with E-state index in [-0.39, 0.29) is 0 Å². The van der Waals surface area contributed by atoms with E-state index in [1.807, 2.05) is 0 Å². The van der Waals surface area contributed by atoms with Crippen molar-refractivity contribution in [1.82, 2.24) is 4.57 Å². The van der Waals surface area contributed by atoms with Gasteiger partial charge in [0.15, 0.2) is 0 Å². The van der Waals surface area contributed by atoms with Crippen LogP contribution in [0, 0.1) is 12.8 Å². The third-order valence-electron chi connectivity index (χ3n) is 7.32. The van der Waals surface area contributed by atoms with Gasteiger partial charge < -0.3 is 14.0 Å². The first kappa shape index (κ1) is 27.8. The molecule has 3 aromatic carbocycles. The fourth-order valence-corrected chi connectivity index (χ4v) is 5.33. The number of rotatable bonds is 14. The summed E-state index contributed by atoms with van der Waals surface area (Å²) in [5.74, 6) is 3.35. The Morgan fingerprint density at radius 1 is 0.737 bits per heavy atom. The van der Waals surface area contributed by atoms with Crippen LogP contribution in [-0.4, -0.2) is 11.2 Å². The average molecular weight is 512 g/mol. The third-order valence-corrected chi connectivity index (χ3v) is 7.32. The maximum Gasteiger partial charge on any atom is 0.128 e. The number of aryl methyl sites for hydroxylation is 1. The topological polar surface area (TPSA) is 23.4 Å². The van der Waals surface area contributed by atoms with Crippen molar-refractivity contribution in [3.8, 4) is 22.9 Å². The molecule has 0 N–H and O–H groups in total. The van der Waals surface area contributed by atoms with Crippen LogP contribution in [0.25, 0.3) is 16.6 Å². The number of hydrogen-bond donors (Lipinski definition) is 0. The Morgan fingerprint density at radius 2 is 1.39 bits per heavy atom. The van der Waals surface area contributed by atoms with Crippen LogP contribution in [0.4, 0.5) is 0 Å². The summed E-state index contributed by atoms with van der Waals surface area (Å²) >= 11 is 0. The Hall–Kier alpha value is -3.20. The summed E-state index contributed by atoms with van der Waals surface area (Å²) in [7, 11) is 0. The summed E-state index contributed by atoms with van der Waals surface area (Å²) in [6.07, 6.45) is 9.72. The molecule has 4 rings (SSSR count). The van der Waals surface area contributed by atoms with Gasteiger partial charge in [0.2, 0.25) is 0 Å². The maximum absolute atomic E-state index is 6.25. The zero-order chi connectivity index (χ0) is 26.9. The van der Waals surface area contributed by atoms with Gasteiger partial charge in [-0.25, -0.2) is 0 Å². The lowest BCUT2D eigenvalue weighted by atomic mass is 10.0. The molecule has 202 valence electrons. The standard InChI is InChI=1S/C35H45NO2/c1-6-8-9-10-11-12-23-37-30-19-15-29(16-20-30)36-34(7-2)27(5)33-25-32(21-22-35(33)36)38-31-17-13-28(14-18-31)24-26(3)4/h13-22,25-26H,6-12,23-24H2,1-5H3. The normalized spacial score (nSPS) is 11.4. The maximum atomic E-state index is 6.25. The molecule has 4 aromatic rings. The molecular formula is C35H45NO2. The first-order valence-corrected chi connectivity index (χ1v) is 14.6. The van der Waals surface area contributed by atoms with Crippen LogP contribution in [0.15, 0.2) is 66.7 Å². The molecule has 0 atom stereocenters. The Bertz CT molecular complexity index is 1280. The second-order valence-electron chi connectivity index (χ2n) is 10.9. The number of nitrogens with zero attached hydrogens (tertiary/aromatic N) is 1. The van der Waals surface area contributed by atoms with Crippen LogP contribution >= 0.6 is 0 Å². The predicted octanol–water partition coefficient (Wildman–Crippen LogP) is 10.2. The highest BCUT2D eigenvalue weighted by atomic mass is 16.5. The van der Waals surface area contributed by atoms with Gasteiger partial charge in [-0.1, -0.05) is 71.9 Å². The van der Waals surface area contributed by atoms with E-state index in [2.05, 4.69) is 106 Å². The fourth-order valence-electron chi connectivity index (χ4n) is 5.33. The van der Waals surface area contributed by atoms with Gasteiger partial charge in [0.25, 0.3) is 0 Å². The minimum absolute atomic E-state index is 0.651. The number of unbranched alkanes of at least 4 members (excludes halogenated alkanes) is 5.